The van der Waals surface area contributed by atoms with Gasteiger partial charge in [-0.05, 0) is 25.5 Å². The number of aryl methyl sites for hydroxylation is 1. The lowest BCUT2D eigenvalue weighted by Gasteiger charge is -2.19. The topological polar surface area (TPSA) is 80.0 Å². The van der Waals surface area contributed by atoms with Gasteiger partial charge in [-0.1, -0.05) is 0 Å². The number of hydrogen-bond donors (Lipinski definition) is 1. The number of carbonyl (C=O) groups excluding carboxylic acids is 1. The summed E-state index contributed by atoms with van der Waals surface area (Å²) in [5.74, 6) is 1.37. The molecule has 0 aromatic carbocycles. The Hall–Kier alpha value is -2.02. The molecular formula is C12H12N2O2. The SMILES string of the molecule is Cc1ccc(C2CC(=O)C(C#N)=C(N)C2)o1. The molecule has 4 heteroatoms. The van der Waals surface area contributed by atoms with E-state index in [2.05, 4.69) is 0 Å². The lowest BCUT2D eigenvalue weighted by Crippen LogP contribution is -2.21. The van der Waals surface area contributed by atoms with Gasteiger partial charge in [0.2, 0.25) is 0 Å². The molecule has 0 spiro atoms. The Balaban J connectivity index is 2.28. The van der Waals surface area contributed by atoms with Gasteiger partial charge in [-0.3, -0.25) is 4.79 Å². The second kappa shape index (κ2) is 3.86. The quantitative estimate of drug-likeness (QED) is 0.775. The summed E-state index contributed by atoms with van der Waals surface area (Å²) in [5.41, 5.74) is 6.19. The second-order valence-electron chi connectivity index (χ2n) is 3.99. The van der Waals surface area contributed by atoms with E-state index >= 15 is 0 Å². The summed E-state index contributed by atoms with van der Waals surface area (Å²) in [5, 5.41) is 8.76. The first-order chi connectivity index (χ1) is 7.61. The standard InChI is InChI=1S/C12H12N2O2/c1-7-2-3-12(16-7)8-4-10(14)9(6-13)11(15)5-8/h2-3,8H,4-5,14H2,1H3. The van der Waals surface area contributed by atoms with Gasteiger partial charge in [0, 0.05) is 18.0 Å². The fourth-order valence-electron chi connectivity index (χ4n) is 1.95. The van der Waals surface area contributed by atoms with Crippen molar-refractivity contribution in [3.8, 4) is 6.07 Å². The highest BCUT2D eigenvalue weighted by molar-refractivity contribution is 6.01. The van der Waals surface area contributed by atoms with Gasteiger partial charge in [-0.15, -0.1) is 0 Å². The zero-order valence-corrected chi connectivity index (χ0v) is 8.99. The van der Waals surface area contributed by atoms with Crippen LogP contribution in [-0.4, -0.2) is 5.78 Å². The van der Waals surface area contributed by atoms with Gasteiger partial charge in [0.15, 0.2) is 5.78 Å². The minimum Gasteiger partial charge on any atom is -0.466 e. The molecule has 2 rings (SSSR count). The number of rotatable bonds is 1. The van der Waals surface area contributed by atoms with Crippen LogP contribution in [0.3, 0.4) is 0 Å². The number of carbonyl (C=O) groups is 1. The third-order valence-corrected chi connectivity index (χ3v) is 2.77. The molecule has 4 nitrogen and oxygen atoms in total. The van der Waals surface area contributed by atoms with Crippen LogP contribution in [0.2, 0.25) is 0 Å². The highest BCUT2D eigenvalue weighted by atomic mass is 16.3. The van der Waals surface area contributed by atoms with E-state index in [-0.39, 0.29) is 17.3 Å². The van der Waals surface area contributed by atoms with Crippen molar-refractivity contribution in [2.45, 2.75) is 25.7 Å². The van der Waals surface area contributed by atoms with Crippen molar-refractivity contribution in [3.63, 3.8) is 0 Å². The summed E-state index contributed by atoms with van der Waals surface area (Å²) >= 11 is 0. The number of nitriles is 1. The van der Waals surface area contributed by atoms with Crippen molar-refractivity contribution in [3.05, 3.63) is 34.9 Å². The van der Waals surface area contributed by atoms with E-state index in [0.717, 1.165) is 11.5 Å². The summed E-state index contributed by atoms with van der Waals surface area (Å²) in [4.78, 5) is 11.6. The number of nitrogens with two attached hydrogens (primary N) is 1. The Kier molecular flexibility index (Phi) is 2.53. The number of nitrogens with zero attached hydrogens (tertiary/aromatic N) is 1. The van der Waals surface area contributed by atoms with Crippen LogP contribution in [0, 0.1) is 18.3 Å². The molecule has 1 unspecified atom stereocenters. The Bertz CT molecular complexity index is 505. The average Bonchev–Trinajstić information content (AvgIpc) is 2.64. The van der Waals surface area contributed by atoms with Crippen LogP contribution in [0.15, 0.2) is 27.8 Å². The number of Topliss-reactive ketones (excluding diaryl/α,β-unsaturated/α-hetero) is 1. The van der Waals surface area contributed by atoms with E-state index in [9.17, 15) is 4.79 Å². The van der Waals surface area contributed by atoms with Crippen LogP contribution in [0.1, 0.15) is 30.3 Å². The molecular weight excluding hydrogens is 204 g/mol. The fourth-order valence-corrected chi connectivity index (χ4v) is 1.95. The third-order valence-electron chi connectivity index (χ3n) is 2.77. The maximum atomic E-state index is 11.6. The Morgan fingerprint density at radius 3 is 2.75 bits per heavy atom. The summed E-state index contributed by atoms with van der Waals surface area (Å²) in [6, 6.07) is 5.57. The average molecular weight is 216 g/mol. The smallest absolute Gasteiger partial charge is 0.175 e. The van der Waals surface area contributed by atoms with E-state index in [1.54, 1.807) is 0 Å². The largest absolute Gasteiger partial charge is 0.466 e. The molecule has 0 saturated heterocycles. The molecule has 1 heterocycles. The highest BCUT2D eigenvalue weighted by Crippen LogP contribution is 2.33. The molecule has 1 aromatic rings. The van der Waals surface area contributed by atoms with Gasteiger partial charge in [0.25, 0.3) is 0 Å². The Morgan fingerprint density at radius 1 is 1.50 bits per heavy atom. The van der Waals surface area contributed by atoms with Gasteiger partial charge in [-0.25, -0.2) is 0 Å². The maximum absolute atomic E-state index is 11.6. The zero-order valence-electron chi connectivity index (χ0n) is 8.99. The molecule has 0 amide bonds. The molecule has 0 bridgehead atoms. The van der Waals surface area contributed by atoms with Crippen molar-refractivity contribution in [2.24, 2.45) is 5.73 Å². The molecule has 0 fully saturated rings. The molecule has 1 aliphatic carbocycles. The summed E-state index contributed by atoms with van der Waals surface area (Å²) in [6.45, 7) is 1.86. The fraction of sp³-hybridized carbons (Fsp3) is 0.333. The van der Waals surface area contributed by atoms with Crippen LogP contribution < -0.4 is 5.73 Å². The first kappa shape index (κ1) is 10.5. The van der Waals surface area contributed by atoms with Crippen LogP contribution in [0.5, 0.6) is 0 Å². The van der Waals surface area contributed by atoms with Crippen molar-refractivity contribution >= 4 is 5.78 Å². The normalized spacial score (nSPS) is 21.0. The third kappa shape index (κ3) is 1.72. The van der Waals surface area contributed by atoms with Gasteiger partial charge in [0.05, 0.1) is 0 Å². The lowest BCUT2D eigenvalue weighted by molar-refractivity contribution is -0.116. The summed E-state index contributed by atoms with van der Waals surface area (Å²) < 4.78 is 5.48. The van der Waals surface area contributed by atoms with Gasteiger partial charge in [-0.2, -0.15) is 5.26 Å². The number of hydrogen-bond acceptors (Lipinski definition) is 4. The number of ketones is 1. The second-order valence-corrected chi connectivity index (χ2v) is 3.99. The molecule has 16 heavy (non-hydrogen) atoms. The van der Waals surface area contributed by atoms with Crippen LogP contribution in [0.25, 0.3) is 0 Å². The molecule has 0 aliphatic heterocycles. The Morgan fingerprint density at radius 2 is 2.25 bits per heavy atom. The molecule has 1 aromatic heterocycles. The highest BCUT2D eigenvalue weighted by Gasteiger charge is 2.29. The van der Waals surface area contributed by atoms with Crippen molar-refractivity contribution < 1.29 is 9.21 Å². The molecule has 2 N–H and O–H groups in total. The zero-order chi connectivity index (χ0) is 11.7. The Labute approximate surface area is 93.3 Å². The minimum absolute atomic E-state index is 0.0294. The minimum atomic E-state index is -0.190. The van der Waals surface area contributed by atoms with Crippen molar-refractivity contribution in [1.82, 2.24) is 0 Å². The first-order valence-electron chi connectivity index (χ1n) is 5.10. The van der Waals surface area contributed by atoms with Gasteiger partial charge >= 0.3 is 0 Å². The van der Waals surface area contributed by atoms with E-state index in [1.165, 1.54) is 0 Å². The van der Waals surface area contributed by atoms with E-state index in [0.29, 0.717) is 18.5 Å². The van der Waals surface area contributed by atoms with Crippen LogP contribution in [-0.2, 0) is 4.79 Å². The van der Waals surface area contributed by atoms with Gasteiger partial charge in [0.1, 0.15) is 23.2 Å². The first-order valence-corrected chi connectivity index (χ1v) is 5.10. The summed E-state index contributed by atoms with van der Waals surface area (Å²) in [6.07, 6.45) is 0.818. The maximum Gasteiger partial charge on any atom is 0.175 e. The number of allylic oxidation sites excluding steroid dienone is 2. The molecule has 0 radical (unpaired) electrons. The monoisotopic (exact) mass is 216 g/mol. The van der Waals surface area contributed by atoms with Crippen LogP contribution >= 0.6 is 0 Å². The molecule has 1 aliphatic rings. The predicted molar refractivity (Wildman–Crippen MR) is 57.3 cm³/mol. The van der Waals surface area contributed by atoms with Gasteiger partial charge < -0.3 is 10.2 Å². The van der Waals surface area contributed by atoms with E-state index in [4.69, 9.17) is 15.4 Å². The van der Waals surface area contributed by atoms with E-state index in [1.807, 2.05) is 25.1 Å². The predicted octanol–water partition coefficient (Wildman–Crippen LogP) is 1.77. The molecule has 82 valence electrons. The lowest BCUT2D eigenvalue weighted by atomic mass is 9.85. The van der Waals surface area contributed by atoms with Crippen molar-refractivity contribution in [2.75, 3.05) is 0 Å². The van der Waals surface area contributed by atoms with Crippen molar-refractivity contribution in [1.29, 1.82) is 5.26 Å². The van der Waals surface area contributed by atoms with E-state index < -0.39 is 0 Å². The van der Waals surface area contributed by atoms with Crippen LogP contribution in [0.4, 0.5) is 0 Å². The molecule has 0 saturated carbocycles. The summed E-state index contributed by atoms with van der Waals surface area (Å²) in [7, 11) is 0. The number of furan rings is 1. The molecule has 1 atom stereocenters.